The summed E-state index contributed by atoms with van der Waals surface area (Å²) in [6, 6.07) is 11.7. The van der Waals surface area contributed by atoms with Crippen molar-refractivity contribution in [2.24, 2.45) is 0 Å². The first kappa shape index (κ1) is 20.8. The molecule has 0 unspecified atom stereocenters. The third-order valence-electron chi connectivity index (χ3n) is 4.49. The lowest BCUT2D eigenvalue weighted by Gasteiger charge is -2.30. The number of carbonyl (C=O) groups is 2. The van der Waals surface area contributed by atoms with Crippen LogP contribution in [0, 0.1) is 0 Å². The Morgan fingerprint density at radius 3 is 2.03 bits per heavy atom. The molecule has 7 nitrogen and oxygen atoms in total. The van der Waals surface area contributed by atoms with E-state index >= 15 is 0 Å². The molecule has 2 N–H and O–H groups in total. The smallest absolute Gasteiger partial charge is 0.303 e. The zero-order valence-electron chi connectivity index (χ0n) is 15.0. The number of sulfonamides is 1. The highest BCUT2D eigenvalue weighted by atomic mass is 32.2. The average Bonchev–Trinajstić information content (AvgIpc) is 2.92. The highest BCUT2D eigenvalue weighted by Gasteiger charge is 2.70. The summed E-state index contributed by atoms with van der Waals surface area (Å²) in [4.78, 5) is 25.0. The van der Waals surface area contributed by atoms with Crippen molar-refractivity contribution in [1.82, 2.24) is 14.9 Å². The van der Waals surface area contributed by atoms with E-state index in [2.05, 4.69) is 0 Å². The maximum atomic E-state index is 13.9. The van der Waals surface area contributed by atoms with Gasteiger partial charge in [0.1, 0.15) is 0 Å². The van der Waals surface area contributed by atoms with E-state index in [1.807, 2.05) is 0 Å². The summed E-state index contributed by atoms with van der Waals surface area (Å²) in [5.41, 5.74) is -3.41. The second kappa shape index (κ2) is 7.16. The number of carbonyl (C=O) groups excluding carboxylic acids is 2. The Balaban J connectivity index is 2.04. The number of nitrogens with zero attached hydrogens (tertiary/aromatic N) is 1. The van der Waals surface area contributed by atoms with Gasteiger partial charge in [-0.1, -0.05) is 48.5 Å². The normalized spacial score (nSPS) is 21.2. The molecular formula is C18H16F3N3O4S. The number of imide groups is 1. The van der Waals surface area contributed by atoms with Crippen LogP contribution >= 0.6 is 0 Å². The Bertz CT molecular complexity index is 1030. The number of amides is 3. The fourth-order valence-electron chi connectivity index (χ4n) is 2.96. The van der Waals surface area contributed by atoms with E-state index in [1.165, 1.54) is 47.3 Å². The zero-order valence-corrected chi connectivity index (χ0v) is 15.8. The molecule has 0 radical (unpaired) electrons. The predicted octanol–water partition coefficient (Wildman–Crippen LogP) is 2.54. The number of halogens is 3. The van der Waals surface area contributed by atoms with E-state index in [4.69, 9.17) is 0 Å². The minimum Gasteiger partial charge on any atom is -0.303 e. The van der Waals surface area contributed by atoms with Crippen LogP contribution < -0.4 is 10.0 Å². The Labute approximate surface area is 164 Å². The van der Waals surface area contributed by atoms with Crippen LogP contribution in [0.5, 0.6) is 0 Å². The van der Waals surface area contributed by atoms with Gasteiger partial charge in [-0.25, -0.2) is 13.2 Å². The van der Waals surface area contributed by atoms with Crippen LogP contribution in [0.2, 0.25) is 0 Å². The molecule has 0 spiro atoms. The van der Waals surface area contributed by atoms with Gasteiger partial charge in [-0.15, -0.1) is 0 Å². The molecule has 1 aliphatic heterocycles. The summed E-state index contributed by atoms with van der Waals surface area (Å²) in [6.45, 7) is 1.37. The number of urea groups is 1. The van der Waals surface area contributed by atoms with E-state index in [9.17, 15) is 31.2 Å². The van der Waals surface area contributed by atoms with Gasteiger partial charge in [-0.05, 0) is 24.6 Å². The lowest BCUT2D eigenvalue weighted by molar-refractivity contribution is -0.198. The largest absolute Gasteiger partial charge is 0.435 e. The maximum Gasteiger partial charge on any atom is 0.435 e. The monoisotopic (exact) mass is 427 g/mol. The zero-order chi connectivity index (χ0) is 21.4. The minimum atomic E-state index is -5.44. The number of alkyl halides is 3. The molecule has 3 rings (SSSR count). The van der Waals surface area contributed by atoms with Crippen molar-refractivity contribution >= 4 is 22.0 Å². The van der Waals surface area contributed by atoms with Gasteiger partial charge >= 0.3 is 12.2 Å². The van der Waals surface area contributed by atoms with Crippen LogP contribution in [-0.4, -0.2) is 37.1 Å². The summed E-state index contributed by atoms with van der Waals surface area (Å²) < 4.78 is 68.2. The van der Waals surface area contributed by atoms with Crippen molar-refractivity contribution in [3.8, 4) is 0 Å². The van der Waals surface area contributed by atoms with Gasteiger partial charge in [-0.2, -0.15) is 17.9 Å². The van der Waals surface area contributed by atoms with E-state index in [1.54, 1.807) is 18.2 Å². The second-order valence-electron chi connectivity index (χ2n) is 6.36. The summed E-state index contributed by atoms with van der Waals surface area (Å²) in [6.07, 6.45) is -5.44. The lowest BCUT2D eigenvalue weighted by Crippen LogP contribution is -2.69. The van der Waals surface area contributed by atoms with Crippen molar-refractivity contribution in [3.63, 3.8) is 0 Å². The summed E-state index contributed by atoms with van der Waals surface area (Å²) in [5, 5.41) is 1.51. The lowest BCUT2D eigenvalue weighted by atomic mass is 10.1. The van der Waals surface area contributed by atoms with Crippen molar-refractivity contribution in [2.45, 2.75) is 29.7 Å². The SMILES string of the molecule is C[C@@H](c1ccccc1)N1C(=O)N[C@@](NS(=O)(=O)c2ccccc2)(C(F)(F)F)C1=O. The van der Waals surface area contributed by atoms with Crippen LogP contribution in [-0.2, 0) is 14.8 Å². The van der Waals surface area contributed by atoms with Gasteiger partial charge in [-0.3, -0.25) is 9.69 Å². The van der Waals surface area contributed by atoms with Gasteiger partial charge in [0.15, 0.2) is 0 Å². The van der Waals surface area contributed by atoms with E-state index in [0.29, 0.717) is 10.5 Å². The maximum absolute atomic E-state index is 13.9. The molecule has 1 saturated heterocycles. The van der Waals surface area contributed by atoms with Crippen molar-refractivity contribution in [2.75, 3.05) is 0 Å². The predicted molar refractivity (Wildman–Crippen MR) is 95.8 cm³/mol. The fourth-order valence-corrected chi connectivity index (χ4v) is 4.25. The van der Waals surface area contributed by atoms with Crippen molar-refractivity contribution in [3.05, 3.63) is 66.2 Å². The fraction of sp³-hybridized carbons (Fsp3) is 0.222. The average molecular weight is 427 g/mol. The summed E-state index contributed by atoms with van der Waals surface area (Å²) in [7, 11) is -4.79. The molecule has 0 bridgehead atoms. The third-order valence-corrected chi connectivity index (χ3v) is 5.96. The topological polar surface area (TPSA) is 95.6 Å². The molecular weight excluding hydrogens is 411 g/mol. The quantitative estimate of drug-likeness (QED) is 0.717. The molecule has 11 heteroatoms. The molecule has 0 aromatic heterocycles. The van der Waals surface area contributed by atoms with Crippen LogP contribution in [0.4, 0.5) is 18.0 Å². The molecule has 1 heterocycles. The standard InChI is InChI=1S/C18H16F3N3O4S/c1-12(13-8-4-2-5-9-13)24-15(25)17(18(19,20)21,22-16(24)26)23-29(27,28)14-10-6-3-7-11-14/h2-12,23H,1H3,(H,22,26)/t12-,17-/m0/s1. The molecule has 0 aliphatic carbocycles. The van der Waals surface area contributed by atoms with E-state index in [0.717, 1.165) is 12.1 Å². The van der Waals surface area contributed by atoms with Gasteiger partial charge in [0, 0.05) is 0 Å². The van der Waals surface area contributed by atoms with Gasteiger partial charge in [0.2, 0.25) is 10.0 Å². The molecule has 3 amide bonds. The van der Waals surface area contributed by atoms with Gasteiger partial charge in [0.25, 0.3) is 11.6 Å². The number of hydrogen-bond acceptors (Lipinski definition) is 4. The molecule has 0 saturated carbocycles. The van der Waals surface area contributed by atoms with Gasteiger partial charge < -0.3 is 5.32 Å². The van der Waals surface area contributed by atoms with Crippen molar-refractivity contribution < 1.29 is 31.2 Å². The summed E-state index contributed by atoms with van der Waals surface area (Å²) in [5.74, 6) is -1.76. The van der Waals surface area contributed by atoms with Crippen LogP contribution in [0.1, 0.15) is 18.5 Å². The van der Waals surface area contributed by atoms with Crippen LogP contribution in [0.25, 0.3) is 0 Å². The Morgan fingerprint density at radius 2 is 1.52 bits per heavy atom. The number of nitrogens with one attached hydrogen (secondary N) is 2. The molecule has 29 heavy (non-hydrogen) atoms. The van der Waals surface area contributed by atoms with Crippen molar-refractivity contribution in [1.29, 1.82) is 0 Å². The molecule has 2 atom stereocenters. The molecule has 1 aliphatic rings. The molecule has 2 aromatic carbocycles. The number of benzene rings is 2. The minimum absolute atomic E-state index is 0.357. The van der Waals surface area contributed by atoms with Crippen LogP contribution in [0.3, 0.4) is 0 Å². The van der Waals surface area contributed by atoms with Gasteiger partial charge in [0.05, 0.1) is 10.9 Å². The number of hydrogen-bond donors (Lipinski definition) is 2. The molecule has 1 fully saturated rings. The van der Waals surface area contributed by atoms with Crippen LogP contribution in [0.15, 0.2) is 65.6 Å². The number of rotatable bonds is 5. The molecule has 2 aromatic rings. The Kier molecular flexibility index (Phi) is 5.13. The highest BCUT2D eigenvalue weighted by molar-refractivity contribution is 7.89. The first-order valence-electron chi connectivity index (χ1n) is 8.36. The summed E-state index contributed by atoms with van der Waals surface area (Å²) >= 11 is 0. The second-order valence-corrected chi connectivity index (χ2v) is 8.04. The first-order chi connectivity index (χ1) is 13.5. The van der Waals surface area contributed by atoms with E-state index < -0.39 is 44.7 Å². The van der Waals surface area contributed by atoms with E-state index in [-0.39, 0.29) is 0 Å². The Hall–Kier alpha value is -2.92. The third kappa shape index (κ3) is 3.58. The molecule has 154 valence electrons. The highest BCUT2D eigenvalue weighted by Crippen LogP contribution is 2.38. The first-order valence-corrected chi connectivity index (χ1v) is 9.84. The Morgan fingerprint density at radius 1 is 1.00 bits per heavy atom.